The van der Waals surface area contributed by atoms with Crippen LogP contribution in [0.4, 0.5) is 0 Å². The number of nitrogens with zero attached hydrogens (tertiary/aromatic N) is 2. The second-order valence-electron chi connectivity index (χ2n) is 4.81. The molecule has 2 N–H and O–H groups in total. The van der Waals surface area contributed by atoms with E-state index in [0.29, 0.717) is 6.54 Å². The van der Waals surface area contributed by atoms with Gasteiger partial charge in [-0.1, -0.05) is 0 Å². The molecule has 1 unspecified atom stereocenters. The van der Waals surface area contributed by atoms with Crippen molar-refractivity contribution in [3.63, 3.8) is 0 Å². The lowest BCUT2D eigenvalue weighted by Crippen LogP contribution is -2.41. The van der Waals surface area contributed by atoms with Crippen LogP contribution in [0.3, 0.4) is 0 Å². The van der Waals surface area contributed by atoms with Crippen LogP contribution in [0.15, 0.2) is 0 Å². The Hall–Kier alpha value is -1.14. The van der Waals surface area contributed by atoms with Gasteiger partial charge in [0, 0.05) is 32.1 Å². The Labute approximate surface area is 107 Å². The molecule has 1 saturated heterocycles. The van der Waals surface area contributed by atoms with Gasteiger partial charge in [-0.15, -0.1) is 0 Å². The van der Waals surface area contributed by atoms with E-state index in [1.54, 1.807) is 4.90 Å². The number of amides is 2. The molecular weight excluding hydrogens is 236 g/mol. The number of likely N-dealkylation sites (tertiary alicyclic amines) is 1. The fraction of sp³-hybridized carbons (Fsp3) is 0.833. The van der Waals surface area contributed by atoms with E-state index in [9.17, 15) is 9.59 Å². The van der Waals surface area contributed by atoms with Crippen molar-refractivity contribution >= 4 is 11.8 Å². The molecule has 0 aliphatic carbocycles. The quantitative estimate of drug-likeness (QED) is 0.644. The normalized spacial score (nSPS) is 19.7. The van der Waals surface area contributed by atoms with E-state index in [4.69, 9.17) is 10.2 Å². The van der Waals surface area contributed by atoms with Crippen molar-refractivity contribution in [3.05, 3.63) is 0 Å². The molecule has 6 heteroatoms. The first-order chi connectivity index (χ1) is 8.51. The predicted molar refractivity (Wildman–Crippen MR) is 65.7 cm³/mol. The highest BCUT2D eigenvalue weighted by molar-refractivity contribution is 5.89. The van der Waals surface area contributed by atoms with E-state index in [-0.39, 0.29) is 56.5 Å². The molecule has 2 amide bonds. The molecule has 0 aromatic rings. The van der Waals surface area contributed by atoms with Gasteiger partial charge in [-0.2, -0.15) is 0 Å². The van der Waals surface area contributed by atoms with E-state index in [2.05, 4.69) is 0 Å². The van der Waals surface area contributed by atoms with Crippen LogP contribution in [-0.2, 0) is 9.59 Å². The topological polar surface area (TPSA) is 81.1 Å². The first-order valence-corrected chi connectivity index (χ1v) is 6.31. The number of aliphatic hydroxyl groups excluding tert-OH is 2. The van der Waals surface area contributed by atoms with E-state index in [0.717, 1.165) is 0 Å². The zero-order valence-electron chi connectivity index (χ0n) is 11.0. The molecule has 1 fully saturated rings. The highest BCUT2D eigenvalue weighted by atomic mass is 16.3. The Morgan fingerprint density at radius 3 is 2.33 bits per heavy atom. The van der Waals surface area contributed by atoms with Crippen LogP contribution in [0.5, 0.6) is 0 Å². The molecule has 1 aliphatic rings. The number of carbonyl (C=O) groups is 2. The van der Waals surface area contributed by atoms with Gasteiger partial charge in [0.2, 0.25) is 11.8 Å². The summed E-state index contributed by atoms with van der Waals surface area (Å²) in [5, 5.41) is 17.8. The average molecular weight is 258 g/mol. The van der Waals surface area contributed by atoms with Gasteiger partial charge in [0.25, 0.3) is 0 Å². The molecule has 0 radical (unpaired) electrons. The van der Waals surface area contributed by atoms with E-state index < -0.39 is 0 Å². The summed E-state index contributed by atoms with van der Waals surface area (Å²) in [5.74, 6) is -0.510. The Kier molecular flexibility index (Phi) is 5.55. The van der Waals surface area contributed by atoms with Gasteiger partial charge in [0.1, 0.15) is 0 Å². The van der Waals surface area contributed by atoms with Crippen molar-refractivity contribution < 1.29 is 19.8 Å². The van der Waals surface area contributed by atoms with Gasteiger partial charge in [0.05, 0.1) is 19.1 Å². The standard InChI is InChI=1S/C12H22N2O4/c1-9(2)14-8-10(7-11(14)17)12(18)13(3-5-15)4-6-16/h9-10,15-16H,3-8H2,1-2H3. The maximum Gasteiger partial charge on any atom is 0.228 e. The summed E-state index contributed by atoms with van der Waals surface area (Å²) >= 11 is 0. The van der Waals surface area contributed by atoms with Gasteiger partial charge in [-0.25, -0.2) is 0 Å². The Morgan fingerprint density at radius 2 is 1.94 bits per heavy atom. The molecular formula is C12H22N2O4. The lowest BCUT2D eigenvalue weighted by atomic mass is 10.1. The molecule has 104 valence electrons. The Bertz CT molecular complexity index is 300. The molecule has 18 heavy (non-hydrogen) atoms. The maximum atomic E-state index is 12.2. The van der Waals surface area contributed by atoms with Gasteiger partial charge in [0.15, 0.2) is 0 Å². The lowest BCUT2D eigenvalue weighted by molar-refractivity contribution is -0.136. The summed E-state index contributed by atoms with van der Waals surface area (Å²) in [5.41, 5.74) is 0. The van der Waals surface area contributed by atoms with Crippen LogP contribution < -0.4 is 0 Å². The smallest absolute Gasteiger partial charge is 0.228 e. The van der Waals surface area contributed by atoms with E-state index in [1.807, 2.05) is 13.8 Å². The second-order valence-corrected chi connectivity index (χ2v) is 4.81. The van der Waals surface area contributed by atoms with Crippen molar-refractivity contribution in [2.24, 2.45) is 5.92 Å². The van der Waals surface area contributed by atoms with Gasteiger partial charge in [-0.3, -0.25) is 9.59 Å². The predicted octanol–water partition coefficient (Wildman–Crippen LogP) is -0.943. The number of aliphatic hydroxyl groups is 2. The first-order valence-electron chi connectivity index (χ1n) is 6.31. The van der Waals surface area contributed by atoms with Crippen molar-refractivity contribution in [1.82, 2.24) is 9.80 Å². The zero-order valence-corrected chi connectivity index (χ0v) is 11.0. The summed E-state index contributed by atoms with van der Waals surface area (Å²) in [4.78, 5) is 27.0. The van der Waals surface area contributed by atoms with Crippen LogP contribution in [-0.4, -0.2) is 70.7 Å². The first kappa shape index (κ1) is 14.9. The van der Waals surface area contributed by atoms with Crippen molar-refractivity contribution in [2.45, 2.75) is 26.3 Å². The number of rotatable bonds is 6. The van der Waals surface area contributed by atoms with Gasteiger partial charge < -0.3 is 20.0 Å². The summed E-state index contributed by atoms with van der Waals surface area (Å²) in [6, 6.07) is 0.0967. The third-order valence-corrected chi connectivity index (χ3v) is 3.18. The van der Waals surface area contributed by atoms with Crippen molar-refractivity contribution in [2.75, 3.05) is 32.8 Å². The Balaban J connectivity index is 2.64. The third kappa shape index (κ3) is 3.43. The van der Waals surface area contributed by atoms with Crippen LogP contribution >= 0.6 is 0 Å². The summed E-state index contributed by atoms with van der Waals surface area (Å²) in [6.45, 7) is 4.40. The minimum absolute atomic E-state index is 0.00343. The fourth-order valence-corrected chi connectivity index (χ4v) is 2.23. The molecule has 0 bridgehead atoms. The van der Waals surface area contributed by atoms with Crippen molar-refractivity contribution in [3.8, 4) is 0 Å². The molecule has 0 saturated carbocycles. The summed E-state index contributed by atoms with van der Waals surface area (Å²) in [6.07, 6.45) is 0.227. The largest absolute Gasteiger partial charge is 0.395 e. The molecule has 1 atom stereocenters. The number of carbonyl (C=O) groups excluding carboxylic acids is 2. The Morgan fingerprint density at radius 1 is 1.39 bits per heavy atom. The minimum Gasteiger partial charge on any atom is -0.395 e. The number of hydrogen-bond donors (Lipinski definition) is 2. The average Bonchev–Trinajstić information content (AvgIpc) is 2.70. The minimum atomic E-state index is -0.349. The molecule has 0 aromatic carbocycles. The second kappa shape index (κ2) is 6.70. The lowest BCUT2D eigenvalue weighted by Gasteiger charge is -2.25. The van der Waals surface area contributed by atoms with Gasteiger partial charge in [-0.05, 0) is 13.8 Å². The summed E-state index contributed by atoms with van der Waals surface area (Å²) in [7, 11) is 0. The maximum absolute atomic E-state index is 12.2. The highest BCUT2D eigenvalue weighted by Gasteiger charge is 2.37. The monoisotopic (exact) mass is 258 g/mol. The molecule has 1 aliphatic heterocycles. The molecule has 0 aromatic heterocycles. The van der Waals surface area contributed by atoms with E-state index in [1.165, 1.54) is 4.90 Å². The molecule has 1 rings (SSSR count). The van der Waals surface area contributed by atoms with Crippen LogP contribution in [0.2, 0.25) is 0 Å². The molecule has 0 spiro atoms. The highest BCUT2D eigenvalue weighted by Crippen LogP contribution is 2.22. The third-order valence-electron chi connectivity index (χ3n) is 3.18. The SMILES string of the molecule is CC(C)N1CC(C(=O)N(CCO)CCO)CC1=O. The van der Waals surface area contributed by atoms with Gasteiger partial charge >= 0.3 is 0 Å². The fourth-order valence-electron chi connectivity index (χ4n) is 2.23. The van der Waals surface area contributed by atoms with Crippen LogP contribution in [0.1, 0.15) is 20.3 Å². The zero-order chi connectivity index (χ0) is 13.7. The number of hydrogen-bond acceptors (Lipinski definition) is 4. The van der Waals surface area contributed by atoms with E-state index >= 15 is 0 Å². The molecule has 6 nitrogen and oxygen atoms in total. The van der Waals surface area contributed by atoms with Crippen molar-refractivity contribution in [1.29, 1.82) is 0 Å². The van der Waals surface area contributed by atoms with Crippen LogP contribution in [0, 0.1) is 5.92 Å². The molecule has 1 heterocycles. The summed E-state index contributed by atoms with van der Waals surface area (Å²) < 4.78 is 0. The van der Waals surface area contributed by atoms with Crippen LogP contribution in [0.25, 0.3) is 0 Å².